The molecule has 5 rings (SSSR count). The number of aliphatic hydroxyl groups excluding tert-OH is 1. The van der Waals surface area contributed by atoms with Crippen molar-refractivity contribution in [3.05, 3.63) is 11.6 Å². The first-order chi connectivity index (χ1) is 15.1. The lowest BCUT2D eigenvalue weighted by Gasteiger charge is -2.60. The van der Waals surface area contributed by atoms with Crippen LogP contribution in [-0.4, -0.2) is 56.0 Å². The fourth-order valence-corrected chi connectivity index (χ4v) is 9.10. The molecule has 5 unspecified atom stereocenters. The van der Waals surface area contributed by atoms with Crippen molar-refractivity contribution >= 4 is 5.97 Å². The Morgan fingerprint density at radius 3 is 2.66 bits per heavy atom. The van der Waals surface area contributed by atoms with E-state index in [1.165, 1.54) is 19.8 Å². The first kappa shape index (κ1) is 22.8. The number of esters is 1. The monoisotopic (exact) mass is 448 g/mol. The van der Waals surface area contributed by atoms with Crippen LogP contribution in [0.25, 0.3) is 0 Å². The standard InChI is InChI=1S/C26H40O6/c1-14(13-29-5)17-7-8-18-22-19(9-10-24(17,18)3)25(4)16(11-20(22)28)12-21(31-15(2)27)23-26(25,30-6)32-23/h12,14,17-23,28H,7-11,13H2,1-6H3/t14?,17-,18+,19+,20?,21?,22+,23?,24-,25+,26?/m1/s1. The van der Waals surface area contributed by atoms with Gasteiger partial charge in [0.15, 0.2) is 12.2 Å². The third kappa shape index (κ3) is 2.82. The maximum atomic E-state index is 11.7. The summed E-state index contributed by atoms with van der Waals surface area (Å²) in [5.41, 5.74) is 1.06. The fourth-order valence-electron chi connectivity index (χ4n) is 9.10. The molecule has 0 aromatic rings. The molecule has 4 aliphatic carbocycles. The molecule has 1 aliphatic heterocycles. The number of ether oxygens (including phenoxy) is 4. The van der Waals surface area contributed by atoms with E-state index in [0.717, 1.165) is 25.0 Å². The van der Waals surface area contributed by atoms with Gasteiger partial charge in [-0.25, -0.2) is 0 Å². The summed E-state index contributed by atoms with van der Waals surface area (Å²) in [5, 5.41) is 11.5. The molecule has 0 radical (unpaired) electrons. The van der Waals surface area contributed by atoms with E-state index in [0.29, 0.717) is 24.2 Å². The number of methoxy groups -OCH3 is 2. The van der Waals surface area contributed by atoms with Crippen LogP contribution in [0.15, 0.2) is 11.6 Å². The normalized spacial score (nSPS) is 52.1. The highest BCUT2D eigenvalue weighted by Crippen LogP contribution is 2.72. The molecular weight excluding hydrogens is 408 g/mol. The highest BCUT2D eigenvalue weighted by Gasteiger charge is 2.78. The van der Waals surface area contributed by atoms with Crippen LogP contribution in [0.5, 0.6) is 0 Å². The molecular formula is C26H40O6. The van der Waals surface area contributed by atoms with E-state index in [-0.39, 0.29) is 40.8 Å². The van der Waals surface area contributed by atoms with Crippen LogP contribution in [-0.2, 0) is 23.7 Å². The van der Waals surface area contributed by atoms with Gasteiger partial charge in [0.05, 0.1) is 6.10 Å². The maximum absolute atomic E-state index is 11.7. The van der Waals surface area contributed by atoms with E-state index in [1.807, 2.05) is 0 Å². The van der Waals surface area contributed by atoms with Crippen molar-refractivity contribution in [1.29, 1.82) is 0 Å². The molecule has 6 nitrogen and oxygen atoms in total. The summed E-state index contributed by atoms with van der Waals surface area (Å²) in [4.78, 5) is 11.7. The average Bonchev–Trinajstić information content (AvgIpc) is 3.40. The molecule has 11 atom stereocenters. The molecule has 5 aliphatic rings. The van der Waals surface area contributed by atoms with Crippen molar-refractivity contribution in [3.8, 4) is 0 Å². The summed E-state index contributed by atoms with van der Waals surface area (Å²) >= 11 is 0. The Bertz CT molecular complexity index is 810. The summed E-state index contributed by atoms with van der Waals surface area (Å²) in [6, 6.07) is 0. The van der Waals surface area contributed by atoms with Crippen molar-refractivity contribution < 1.29 is 28.8 Å². The van der Waals surface area contributed by atoms with Crippen molar-refractivity contribution in [2.75, 3.05) is 20.8 Å². The zero-order valence-corrected chi connectivity index (χ0v) is 20.4. The minimum absolute atomic E-state index is 0.233. The molecule has 32 heavy (non-hydrogen) atoms. The van der Waals surface area contributed by atoms with Crippen LogP contribution < -0.4 is 0 Å². The second-order valence-corrected chi connectivity index (χ2v) is 11.6. The number of carbonyl (C=O) groups is 1. The molecule has 180 valence electrons. The number of rotatable bonds is 5. The van der Waals surface area contributed by atoms with Gasteiger partial charge < -0.3 is 24.1 Å². The summed E-state index contributed by atoms with van der Waals surface area (Å²) in [6.07, 6.45) is 6.15. The SMILES string of the molecule is COCC(C)[C@H]1CC[C@H]2[C@@H]3C(O)CC4=CC(OC(C)=O)C5OC5(OC)[C@]4(C)[C@H]3CC[C@]12C. The molecule has 1 saturated heterocycles. The van der Waals surface area contributed by atoms with E-state index in [4.69, 9.17) is 18.9 Å². The Balaban J connectivity index is 1.50. The van der Waals surface area contributed by atoms with E-state index in [2.05, 4.69) is 26.8 Å². The van der Waals surface area contributed by atoms with Crippen molar-refractivity contribution in [3.63, 3.8) is 0 Å². The quantitative estimate of drug-likeness (QED) is 0.392. The van der Waals surface area contributed by atoms with Gasteiger partial charge in [0.2, 0.25) is 5.79 Å². The molecule has 6 heteroatoms. The number of hydrogen-bond donors (Lipinski definition) is 1. The molecule has 0 bridgehead atoms. The van der Waals surface area contributed by atoms with Gasteiger partial charge >= 0.3 is 5.97 Å². The highest BCUT2D eigenvalue weighted by molar-refractivity contribution is 5.66. The Morgan fingerprint density at radius 1 is 1.25 bits per heavy atom. The third-order valence-corrected chi connectivity index (χ3v) is 10.4. The summed E-state index contributed by atoms with van der Waals surface area (Å²) in [5.74, 6) is 1.09. The zero-order chi connectivity index (χ0) is 23.1. The molecule has 0 spiro atoms. The molecule has 4 fully saturated rings. The second-order valence-electron chi connectivity index (χ2n) is 11.6. The maximum Gasteiger partial charge on any atom is 0.303 e. The lowest BCUT2D eigenvalue weighted by atomic mass is 9.45. The zero-order valence-electron chi connectivity index (χ0n) is 20.4. The lowest BCUT2D eigenvalue weighted by molar-refractivity contribution is -0.183. The van der Waals surface area contributed by atoms with Gasteiger partial charge in [0.1, 0.15) is 0 Å². The minimum Gasteiger partial charge on any atom is -0.455 e. The summed E-state index contributed by atoms with van der Waals surface area (Å²) in [7, 11) is 3.51. The average molecular weight is 449 g/mol. The van der Waals surface area contributed by atoms with E-state index < -0.39 is 11.9 Å². The van der Waals surface area contributed by atoms with Gasteiger partial charge in [-0.3, -0.25) is 4.79 Å². The Hall–Kier alpha value is -0.950. The number of aliphatic hydroxyl groups is 1. The Morgan fingerprint density at radius 2 is 2.00 bits per heavy atom. The molecule has 0 aromatic heterocycles. The van der Waals surface area contributed by atoms with Crippen LogP contribution in [0.2, 0.25) is 0 Å². The summed E-state index contributed by atoms with van der Waals surface area (Å²) < 4.78 is 23.4. The predicted octanol–water partition coefficient (Wildman–Crippen LogP) is 3.71. The first-order valence-electron chi connectivity index (χ1n) is 12.4. The molecule has 1 N–H and O–H groups in total. The van der Waals surface area contributed by atoms with Gasteiger partial charge in [-0.15, -0.1) is 0 Å². The molecule has 1 heterocycles. The smallest absolute Gasteiger partial charge is 0.303 e. The third-order valence-electron chi connectivity index (χ3n) is 10.4. The van der Waals surface area contributed by atoms with Crippen molar-refractivity contribution in [2.45, 2.75) is 83.9 Å². The molecule has 0 aromatic carbocycles. The number of hydrogen-bond acceptors (Lipinski definition) is 6. The largest absolute Gasteiger partial charge is 0.455 e. The van der Waals surface area contributed by atoms with Gasteiger partial charge in [0, 0.05) is 33.2 Å². The van der Waals surface area contributed by atoms with Crippen LogP contribution >= 0.6 is 0 Å². The van der Waals surface area contributed by atoms with Crippen LogP contribution in [0.3, 0.4) is 0 Å². The van der Waals surface area contributed by atoms with Gasteiger partial charge in [-0.1, -0.05) is 26.3 Å². The number of fused-ring (bicyclic) bond motifs is 7. The highest BCUT2D eigenvalue weighted by atomic mass is 16.8. The lowest BCUT2D eigenvalue weighted by Crippen LogP contribution is -2.61. The Kier molecular flexibility index (Phi) is 5.37. The van der Waals surface area contributed by atoms with Gasteiger partial charge in [0.25, 0.3) is 0 Å². The Labute approximate surface area is 192 Å². The van der Waals surface area contributed by atoms with Crippen LogP contribution in [0, 0.1) is 40.4 Å². The van der Waals surface area contributed by atoms with E-state index in [9.17, 15) is 9.90 Å². The predicted molar refractivity (Wildman–Crippen MR) is 119 cm³/mol. The van der Waals surface area contributed by atoms with Gasteiger partial charge in [-0.05, 0) is 73.2 Å². The molecule has 0 amide bonds. The van der Waals surface area contributed by atoms with E-state index in [1.54, 1.807) is 14.2 Å². The first-order valence-corrected chi connectivity index (χ1v) is 12.4. The topological polar surface area (TPSA) is 77.5 Å². The molecule has 3 saturated carbocycles. The van der Waals surface area contributed by atoms with Crippen molar-refractivity contribution in [1.82, 2.24) is 0 Å². The minimum atomic E-state index is -0.769. The van der Waals surface area contributed by atoms with E-state index >= 15 is 0 Å². The fraction of sp³-hybridized carbons (Fsp3) is 0.885. The number of carbonyl (C=O) groups excluding carboxylic acids is 1. The number of epoxide rings is 1. The summed E-state index contributed by atoms with van der Waals surface area (Å²) in [6.45, 7) is 9.30. The second kappa shape index (κ2) is 7.53. The van der Waals surface area contributed by atoms with Crippen LogP contribution in [0.4, 0.5) is 0 Å². The van der Waals surface area contributed by atoms with Crippen LogP contribution in [0.1, 0.15) is 59.8 Å². The van der Waals surface area contributed by atoms with Crippen molar-refractivity contribution in [2.24, 2.45) is 40.4 Å². The van der Waals surface area contributed by atoms with Gasteiger partial charge in [-0.2, -0.15) is 0 Å².